The fourth-order valence-electron chi connectivity index (χ4n) is 4.58. The number of benzene rings is 3. The van der Waals surface area contributed by atoms with Crippen LogP contribution in [0, 0.1) is 0 Å². The maximum Gasteiger partial charge on any atom is 0.138 e. The van der Waals surface area contributed by atoms with Crippen LogP contribution in [0.3, 0.4) is 0 Å². The van der Waals surface area contributed by atoms with E-state index in [1.807, 2.05) is 12.3 Å². The summed E-state index contributed by atoms with van der Waals surface area (Å²) in [5, 5.41) is 2.32. The monoisotopic (exact) mass is 475 g/mol. The molecule has 36 heavy (non-hydrogen) atoms. The number of H-pyrrole nitrogens is 1. The second kappa shape index (κ2) is 11.2. The van der Waals surface area contributed by atoms with Gasteiger partial charge in [-0.1, -0.05) is 74.5 Å². The Labute approximate surface area is 213 Å². The molecule has 0 fully saturated rings. The smallest absolute Gasteiger partial charge is 0.138 e. The van der Waals surface area contributed by atoms with Gasteiger partial charge in [-0.3, -0.25) is 0 Å². The van der Waals surface area contributed by atoms with Gasteiger partial charge in [-0.05, 0) is 72.1 Å². The second-order valence-electron chi connectivity index (χ2n) is 9.05. The highest BCUT2D eigenvalue weighted by Crippen LogP contribution is 2.31. The third kappa shape index (κ3) is 5.50. The van der Waals surface area contributed by atoms with Gasteiger partial charge in [0.05, 0.1) is 6.61 Å². The normalized spacial score (nSPS) is 11.8. The first kappa shape index (κ1) is 23.8. The highest BCUT2D eigenvalue weighted by Gasteiger charge is 2.08. The predicted octanol–water partition coefficient (Wildman–Crippen LogP) is 7.66. The van der Waals surface area contributed by atoms with E-state index < -0.39 is 0 Å². The number of hydrogen-bond acceptors (Lipinski definition) is 3. The quantitative estimate of drug-likeness (QED) is 0.211. The number of aromatic nitrogens is 2. The van der Waals surface area contributed by atoms with Crippen molar-refractivity contribution in [2.24, 2.45) is 0 Å². The standard InChI is InChI=1S/C32H33N3O/c1-3-35(4-2)19-8-20-36-28-16-13-26(14-17-28)27-15-18-31-29(22-27)30-21-25(23-33-32(30)34-31)12-11-24-9-6-5-7-10-24/h5-7,9-18,21-23H,3-4,8,19-20H2,1-2H3,(H,33,34). The number of fused-ring (bicyclic) bond motifs is 3. The zero-order valence-corrected chi connectivity index (χ0v) is 21.1. The van der Waals surface area contributed by atoms with Gasteiger partial charge in [0.2, 0.25) is 0 Å². The lowest BCUT2D eigenvalue weighted by Gasteiger charge is -2.17. The van der Waals surface area contributed by atoms with Crippen molar-refractivity contribution in [3.8, 4) is 16.9 Å². The first-order chi connectivity index (χ1) is 17.7. The highest BCUT2D eigenvalue weighted by atomic mass is 16.5. The van der Waals surface area contributed by atoms with Crippen LogP contribution in [0.15, 0.2) is 85.1 Å². The van der Waals surface area contributed by atoms with Gasteiger partial charge < -0.3 is 14.6 Å². The van der Waals surface area contributed by atoms with Crippen LogP contribution in [0.5, 0.6) is 5.75 Å². The van der Waals surface area contributed by atoms with Crippen LogP contribution >= 0.6 is 0 Å². The Kier molecular flexibility index (Phi) is 7.44. The minimum absolute atomic E-state index is 0.741. The van der Waals surface area contributed by atoms with Crippen molar-refractivity contribution in [2.45, 2.75) is 20.3 Å². The number of hydrogen-bond donors (Lipinski definition) is 1. The first-order valence-electron chi connectivity index (χ1n) is 12.8. The van der Waals surface area contributed by atoms with Crippen molar-refractivity contribution >= 4 is 34.1 Å². The maximum atomic E-state index is 5.97. The highest BCUT2D eigenvalue weighted by molar-refractivity contribution is 6.07. The predicted molar refractivity (Wildman–Crippen MR) is 152 cm³/mol. The van der Waals surface area contributed by atoms with Crippen LogP contribution in [0.25, 0.3) is 45.2 Å². The number of aromatic amines is 1. The third-order valence-corrected chi connectivity index (χ3v) is 6.71. The maximum absolute atomic E-state index is 5.97. The molecule has 0 unspecified atom stereocenters. The second-order valence-corrected chi connectivity index (χ2v) is 9.05. The van der Waals surface area contributed by atoms with Gasteiger partial charge in [-0.2, -0.15) is 0 Å². The zero-order valence-electron chi connectivity index (χ0n) is 21.1. The number of nitrogens with zero attached hydrogens (tertiary/aromatic N) is 2. The summed E-state index contributed by atoms with van der Waals surface area (Å²) < 4.78 is 5.97. The van der Waals surface area contributed by atoms with Gasteiger partial charge in [0.1, 0.15) is 11.4 Å². The first-order valence-corrected chi connectivity index (χ1v) is 12.8. The number of nitrogens with one attached hydrogen (secondary N) is 1. The lowest BCUT2D eigenvalue weighted by atomic mass is 10.0. The van der Waals surface area contributed by atoms with Crippen LogP contribution in [-0.2, 0) is 0 Å². The van der Waals surface area contributed by atoms with Crippen molar-refractivity contribution in [1.82, 2.24) is 14.9 Å². The summed E-state index contributed by atoms with van der Waals surface area (Å²) in [7, 11) is 0. The van der Waals surface area contributed by atoms with E-state index in [-0.39, 0.29) is 0 Å². The van der Waals surface area contributed by atoms with Crippen LogP contribution in [0.4, 0.5) is 0 Å². The summed E-state index contributed by atoms with van der Waals surface area (Å²) in [5.41, 5.74) is 6.62. The molecule has 0 radical (unpaired) electrons. The molecular weight excluding hydrogens is 442 g/mol. The van der Waals surface area contributed by atoms with E-state index >= 15 is 0 Å². The van der Waals surface area contributed by atoms with Crippen molar-refractivity contribution in [2.75, 3.05) is 26.2 Å². The Morgan fingerprint density at radius 2 is 1.56 bits per heavy atom. The fourth-order valence-corrected chi connectivity index (χ4v) is 4.58. The molecule has 4 nitrogen and oxygen atoms in total. The molecule has 0 aliphatic heterocycles. The van der Waals surface area contributed by atoms with Crippen LogP contribution in [0.2, 0.25) is 0 Å². The summed E-state index contributed by atoms with van der Waals surface area (Å²) in [4.78, 5) is 10.6. The number of pyridine rings is 1. The Balaban J connectivity index is 1.33. The Morgan fingerprint density at radius 1 is 0.806 bits per heavy atom. The number of rotatable bonds is 10. The van der Waals surface area contributed by atoms with E-state index in [0.29, 0.717) is 0 Å². The molecule has 0 amide bonds. The minimum Gasteiger partial charge on any atom is -0.494 e. The topological polar surface area (TPSA) is 41.1 Å². The molecule has 3 aromatic carbocycles. The molecule has 4 heteroatoms. The molecule has 0 spiro atoms. The van der Waals surface area contributed by atoms with E-state index in [9.17, 15) is 0 Å². The fraction of sp³-hybridized carbons (Fsp3) is 0.219. The Hall–Kier alpha value is -3.89. The van der Waals surface area contributed by atoms with E-state index in [0.717, 1.165) is 60.5 Å². The van der Waals surface area contributed by atoms with Crippen LogP contribution < -0.4 is 4.74 Å². The van der Waals surface area contributed by atoms with Crippen LogP contribution in [-0.4, -0.2) is 41.1 Å². The van der Waals surface area contributed by atoms with Crippen molar-refractivity contribution in [3.05, 3.63) is 96.2 Å². The SMILES string of the molecule is CCN(CC)CCCOc1ccc(-c2ccc3[nH]c4ncc(C=Cc5ccccc5)cc4c3c2)cc1. The molecule has 0 bridgehead atoms. The molecule has 0 aliphatic carbocycles. The van der Waals surface area contributed by atoms with Crippen LogP contribution in [0.1, 0.15) is 31.4 Å². The average molecular weight is 476 g/mol. The van der Waals surface area contributed by atoms with E-state index in [4.69, 9.17) is 4.74 Å². The van der Waals surface area contributed by atoms with Gasteiger partial charge in [-0.25, -0.2) is 4.98 Å². The molecule has 0 saturated heterocycles. The molecule has 2 aromatic heterocycles. The van der Waals surface area contributed by atoms with Crippen molar-refractivity contribution in [1.29, 1.82) is 0 Å². The van der Waals surface area contributed by atoms with Gasteiger partial charge in [-0.15, -0.1) is 0 Å². The minimum atomic E-state index is 0.741. The van der Waals surface area contributed by atoms with Gasteiger partial charge in [0, 0.05) is 29.0 Å². The Morgan fingerprint density at radius 3 is 2.33 bits per heavy atom. The molecule has 0 saturated carbocycles. The molecule has 5 aromatic rings. The molecular formula is C32H33N3O. The summed E-state index contributed by atoms with van der Waals surface area (Å²) in [5.74, 6) is 0.922. The zero-order chi connectivity index (χ0) is 24.7. The van der Waals surface area contributed by atoms with E-state index in [1.54, 1.807) is 0 Å². The molecule has 1 N–H and O–H groups in total. The molecule has 2 heterocycles. The van der Waals surface area contributed by atoms with Gasteiger partial charge in [0.15, 0.2) is 0 Å². The molecule has 5 rings (SSSR count). The Bertz CT molecular complexity index is 1450. The lowest BCUT2D eigenvalue weighted by Crippen LogP contribution is -2.25. The van der Waals surface area contributed by atoms with Gasteiger partial charge >= 0.3 is 0 Å². The van der Waals surface area contributed by atoms with E-state index in [2.05, 4.69) is 114 Å². The molecule has 0 atom stereocenters. The molecule has 182 valence electrons. The number of ether oxygens (including phenoxy) is 1. The largest absolute Gasteiger partial charge is 0.494 e. The summed E-state index contributed by atoms with van der Waals surface area (Å²) in [6, 6.07) is 27.5. The third-order valence-electron chi connectivity index (χ3n) is 6.71. The van der Waals surface area contributed by atoms with E-state index in [1.165, 1.54) is 22.1 Å². The average Bonchev–Trinajstić information content (AvgIpc) is 3.30. The van der Waals surface area contributed by atoms with Gasteiger partial charge in [0.25, 0.3) is 0 Å². The molecule has 0 aliphatic rings. The van der Waals surface area contributed by atoms with Crippen molar-refractivity contribution < 1.29 is 4.74 Å². The van der Waals surface area contributed by atoms with Crippen molar-refractivity contribution in [3.63, 3.8) is 0 Å². The summed E-state index contributed by atoms with van der Waals surface area (Å²) in [6.45, 7) is 8.41. The lowest BCUT2D eigenvalue weighted by molar-refractivity contribution is 0.249. The summed E-state index contributed by atoms with van der Waals surface area (Å²) in [6.07, 6.45) is 7.19. The summed E-state index contributed by atoms with van der Waals surface area (Å²) >= 11 is 0.